The molecule has 0 radical (unpaired) electrons. The van der Waals surface area contributed by atoms with Crippen molar-refractivity contribution in [2.45, 2.75) is 45.6 Å². The molecule has 0 spiro atoms. The number of fused-ring (bicyclic) bond motifs is 2. The van der Waals surface area contributed by atoms with E-state index >= 15 is 0 Å². The van der Waals surface area contributed by atoms with Crippen molar-refractivity contribution in [1.29, 1.82) is 0 Å². The van der Waals surface area contributed by atoms with Crippen molar-refractivity contribution >= 4 is 33.6 Å². The Hall–Kier alpha value is -4.22. The molecule has 0 aliphatic carbocycles. The number of imidazole rings is 1. The molecule has 2 aromatic carbocycles. The number of aromatic nitrogens is 3. The van der Waals surface area contributed by atoms with Gasteiger partial charge in [0, 0.05) is 19.0 Å². The molecule has 2 atom stereocenters. The van der Waals surface area contributed by atoms with Crippen molar-refractivity contribution in [2.24, 2.45) is 11.3 Å². The van der Waals surface area contributed by atoms with Crippen LogP contribution in [0.1, 0.15) is 50.5 Å². The zero-order valence-electron chi connectivity index (χ0n) is 21.0. The van der Waals surface area contributed by atoms with Crippen molar-refractivity contribution in [2.75, 3.05) is 0 Å². The number of carbonyl (C=O) groups excluding carboxylic acids is 2. The van der Waals surface area contributed by atoms with Gasteiger partial charge in [0.2, 0.25) is 11.8 Å². The van der Waals surface area contributed by atoms with Gasteiger partial charge in [0.05, 0.1) is 29.2 Å². The number of hydroxylamine groups is 1. The average molecular weight is 498 g/mol. The van der Waals surface area contributed by atoms with Gasteiger partial charge in [-0.1, -0.05) is 56.3 Å². The Morgan fingerprint density at radius 1 is 1.16 bits per heavy atom. The molecule has 8 nitrogen and oxygen atoms in total. The summed E-state index contributed by atoms with van der Waals surface area (Å²) in [4.78, 5) is 37.5. The number of terminal acetylenes is 1. The van der Waals surface area contributed by atoms with E-state index in [1.807, 2.05) is 32.0 Å². The second kappa shape index (κ2) is 11.2. The molecule has 0 bridgehead atoms. The highest BCUT2D eigenvalue weighted by molar-refractivity contribution is 5.83. The van der Waals surface area contributed by atoms with Gasteiger partial charge in [-0.2, -0.15) is 0 Å². The number of pyridine rings is 1. The molecular formula is C29H31N5O3. The van der Waals surface area contributed by atoms with Crippen LogP contribution in [0.2, 0.25) is 0 Å². The first-order chi connectivity index (χ1) is 17.8. The van der Waals surface area contributed by atoms with E-state index in [0.717, 1.165) is 27.4 Å². The highest BCUT2D eigenvalue weighted by Crippen LogP contribution is 2.34. The Balaban J connectivity index is 1.54. The molecule has 0 fully saturated rings. The number of rotatable bonds is 10. The number of aromatic amines is 1. The van der Waals surface area contributed by atoms with E-state index in [9.17, 15) is 9.59 Å². The predicted octanol–water partition coefficient (Wildman–Crippen LogP) is 4.46. The van der Waals surface area contributed by atoms with Crippen molar-refractivity contribution in [1.82, 2.24) is 25.7 Å². The summed E-state index contributed by atoms with van der Waals surface area (Å²) in [7, 11) is 0. The molecule has 0 saturated carbocycles. The predicted molar refractivity (Wildman–Crippen MR) is 142 cm³/mol. The maximum Gasteiger partial charge on any atom is 0.247 e. The van der Waals surface area contributed by atoms with Gasteiger partial charge in [0.25, 0.3) is 0 Å². The van der Waals surface area contributed by atoms with Crippen molar-refractivity contribution < 1.29 is 14.8 Å². The lowest BCUT2D eigenvalue weighted by Gasteiger charge is -2.31. The fourth-order valence-corrected chi connectivity index (χ4v) is 4.66. The van der Waals surface area contributed by atoms with Gasteiger partial charge in [-0.05, 0) is 40.7 Å². The summed E-state index contributed by atoms with van der Waals surface area (Å²) in [5, 5.41) is 14.5. The van der Waals surface area contributed by atoms with E-state index in [4.69, 9.17) is 16.6 Å². The zero-order valence-corrected chi connectivity index (χ0v) is 21.0. The molecule has 4 aromatic rings. The molecule has 37 heavy (non-hydrogen) atoms. The summed E-state index contributed by atoms with van der Waals surface area (Å²) in [5.41, 5.74) is 3.73. The maximum atomic E-state index is 13.2. The smallest absolute Gasteiger partial charge is 0.247 e. The molecule has 0 aliphatic heterocycles. The molecule has 2 heterocycles. The molecule has 4 N–H and O–H groups in total. The molecule has 0 aliphatic rings. The van der Waals surface area contributed by atoms with E-state index < -0.39 is 23.3 Å². The van der Waals surface area contributed by atoms with Crippen molar-refractivity contribution in [3.63, 3.8) is 0 Å². The topological polar surface area (TPSA) is 120 Å². The Morgan fingerprint density at radius 3 is 2.68 bits per heavy atom. The number of carbonyl (C=O) groups is 2. The lowest BCUT2D eigenvalue weighted by atomic mass is 9.73. The molecule has 0 saturated heterocycles. The third-order valence-corrected chi connectivity index (χ3v) is 6.91. The van der Waals surface area contributed by atoms with Gasteiger partial charge in [-0.3, -0.25) is 19.8 Å². The average Bonchev–Trinajstić information content (AvgIpc) is 3.34. The Morgan fingerprint density at radius 2 is 1.95 bits per heavy atom. The Labute approximate surface area is 215 Å². The number of hydrogen-bond donors (Lipinski definition) is 4. The summed E-state index contributed by atoms with van der Waals surface area (Å²) in [5.74, 6) is 1.81. The van der Waals surface area contributed by atoms with Gasteiger partial charge < -0.3 is 10.3 Å². The summed E-state index contributed by atoms with van der Waals surface area (Å²) >= 11 is 0. The number of amides is 2. The van der Waals surface area contributed by atoms with Crippen LogP contribution in [-0.2, 0) is 16.0 Å². The lowest BCUT2D eigenvalue weighted by Crippen LogP contribution is -2.39. The minimum atomic E-state index is -0.619. The summed E-state index contributed by atoms with van der Waals surface area (Å²) < 4.78 is 0. The van der Waals surface area contributed by atoms with E-state index in [2.05, 4.69) is 51.5 Å². The quantitative estimate of drug-likeness (QED) is 0.146. The third-order valence-electron chi connectivity index (χ3n) is 6.91. The third kappa shape index (κ3) is 6.13. The van der Waals surface area contributed by atoms with Crippen molar-refractivity contribution in [3.8, 4) is 12.3 Å². The first kappa shape index (κ1) is 25.9. The fraction of sp³-hybridized carbons (Fsp3) is 0.310. The lowest BCUT2D eigenvalue weighted by molar-refractivity contribution is -0.137. The van der Waals surface area contributed by atoms with Crippen LogP contribution in [-0.4, -0.2) is 32.0 Å². The van der Waals surface area contributed by atoms with Crippen LogP contribution in [0.3, 0.4) is 0 Å². The first-order valence-electron chi connectivity index (χ1n) is 12.2. The minimum absolute atomic E-state index is 0.165. The molecule has 8 heteroatoms. The number of nitrogens with zero attached hydrogens (tertiary/aromatic N) is 2. The van der Waals surface area contributed by atoms with Crippen LogP contribution in [0.4, 0.5) is 0 Å². The summed E-state index contributed by atoms with van der Waals surface area (Å²) in [6.45, 7) is 3.74. The standard InChI is InChI=1S/C29H31N5O3/c1-4-7-22(28(36)34-37)29(2,3)14-12-26(35)31-24(27-32-23-13-15-30-18-25(23)33-27)17-19-10-11-20-8-5-6-9-21(20)16-19/h1,5-6,8-11,13,15-16,18,22,24,37H,7,12,14,17H2,2-3H3,(H,31,35)(H,32,33)(H,34,36)/t22-,24+/m1/s1. The fourth-order valence-electron chi connectivity index (χ4n) is 4.66. The number of hydrogen-bond acceptors (Lipinski definition) is 5. The van der Waals surface area contributed by atoms with Gasteiger partial charge in [-0.25, -0.2) is 10.5 Å². The first-order valence-corrected chi connectivity index (χ1v) is 12.2. The minimum Gasteiger partial charge on any atom is -0.346 e. The van der Waals surface area contributed by atoms with Crippen LogP contribution in [0.5, 0.6) is 0 Å². The van der Waals surface area contributed by atoms with Crippen LogP contribution in [0, 0.1) is 23.7 Å². The monoisotopic (exact) mass is 497 g/mol. The van der Waals surface area contributed by atoms with E-state index in [0.29, 0.717) is 18.7 Å². The second-order valence-corrected chi connectivity index (χ2v) is 9.95. The largest absolute Gasteiger partial charge is 0.346 e. The van der Waals surface area contributed by atoms with Gasteiger partial charge in [0.15, 0.2) is 0 Å². The van der Waals surface area contributed by atoms with E-state index in [-0.39, 0.29) is 18.7 Å². The maximum absolute atomic E-state index is 13.2. The van der Waals surface area contributed by atoms with E-state index in [1.165, 1.54) is 0 Å². The van der Waals surface area contributed by atoms with E-state index in [1.54, 1.807) is 17.9 Å². The van der Waals surface area contributed by atoms with Crippen LogP contribution < -0.4 is 10.8 Å². The zero-order chi connectivity index (χ0) is 26.4. The number of H-pyrrole nitrogens is 1. The van der Waals surface area contributed by atoms with Gasteiger partial charge >= 0.3 is 0 Å². The summed E-state index contributed by atoms with van der Waals surface area (Å²) in [6.07, 6.45) is 10.1. The number of nitrogens with one attached hydrogen (secondary N) is 3. The Kier molecular flexibility index (Phi) is 7.85. The van der Waals surface area contributed by atoms with Crippen LogP contribution in [0.25, 0.3) is 21.8 Å². The molecule has 190 valence electrons. The van der Waals surface area contributed by atoms with Crippen LogP contribution in [0.15, 0.2) is 60.9 Å². The second-order valence-electron chi connectivity index (χ2n) is 9.95. The SMILES string of the molecule is C#CC[C@H](C(=O)NO)C(C)(C)CCC(=O)N[C@@H](Cc1ccc2ccccc2c1)c1nc2ccncc2[nH]1. The van der Waals surface area contributed by atoms with Crippen molar-refractivity contribution in [3.05, 3.63) is 72.3 Å². The molecule has 2 aromatic heterocycles. The molecule has 2 amide bonds. The Bertz CT molecular complexity index is 1420. The normalized spacial score (nSPS) is 13.1. The van der Waals surface area contributed by atoms with Crippen LogP contribution >= 0.6 is 0 Å². The molecule has 4 rings (SSSR count). The molecule has 0 unspecified atom stereocenters. The highest BCUT2D eigenvalue weighted by atomic mass is 16.5. The summed E-state index contributed by atoms with van der Waals surface area (Å²) in [6, 6.07) is 15.8. The van der Waals surface area contributed by atoms with Gasteiger partial charge in [-0.15, -0.1) is 12.3 Å². The highest BCUT2D eigenvalue weighted by Gasteiger charge is 2.35. The molecular weight excluding hydrogens is 466 g/mol. The number of benzene rings is 2. The van der Waals surface area contributed by atoms with Gasteiger partial charge in [0.1, 0.15) is 5.82 Å².